The number of hydrogen-bond donors (Lipinski definition) is 0. The fourth-order valence-electron chi connectivity index (χ4n) is 3.66. The third-order valence-electron chi connectivity index (χ3n) is 5.23. The zero-order valence-electron chi connectivity index (χ0n) is 16.3. The van der Waals surface area contributed by atoms with E-state index in [4.69, 9.17) is 9.73 Å². The lowest BCUT2D eigenvalue weighted by Crippen LogP contribution is -2.28. The highest BCUT2D eigenvalue weighted by atomic mass is 32.2. The van der Waals surface area contributed by atoms with Crippen LogP contribution in [0.4, 0.5) is 5.69 Å². The smallest absolute Gasteiger partial charge is 0.164 e. The summed E-state index contributed by atoms with van der Waals surface area (Å²) in [6.07, 6.45) is 0. The molecule has 2 heterocycles. The zero-order valence-corrected chi connectivity index (χ0v) is 17.9. The number of rotatable bonds is 4. The summed E-state index contributed by atoms with van der Waals surface area (Å²) < 4.78 is 29.3. The van der Waals surface area contributed by atoms with Crippen LogP contribution in [0.25, 0.3) is 0 Å². The average molecular weight is 417 g/mol. The molecule has 0 bridgehead atoms. The quantitative estimate of drug-likeness (QED) is 0.762. The van der Waals surface area contributed by atoms with Crippen molar-refractivity contribution >= 4 is 32.5 Å². The van der Waals surface area contributed by atoms with Crippen LogP contribution in [-0.2, 0) is 16.4 Å². The van der Waals surface area contributed by atoms with E-state index in [0.717, 1.165) is 16.6 Å². The van der Waals surface area contributed by atoms with Crippen molar-refractivity contribution in [3.63, 3.8) is 0 Å². The number of thioether (sulfide) groups is 1. The summed E-state index contributed by atoms with van der Waals surface area (Å²) in [5.41, 5.74) is 4.67. The van der Waals surface area contributed by atoms with Gasteiger partial charge in [0.25, 0.3) is 0 Å². The van der Waals surface area contributed by atoms with Gasteiger partial charge in [0.15, 0.2) is 15.0 Å². The Labute approximate surface area is 170 Å². The molecule has 1 saturated heterocycles. The first-order chi connectivity index (χ1) is 13.3. The van der Waals surface area contributed by atoms with Gasteiger partial charge in [-0.15, -0.1) is 0 Å². The number of methoxy groups -OCH3 is 1. The lowest BCUT2D eigenvalue weighted by Gasteiger charge is -2.26. The number of sulfone groups is 1. The molecular weight excluding hydrogens is 392 g/mol. The van der Waals surface area contributed by atoms with Crippen molar-refractivity contribution in [2.24, 2.45) is 4.99 Å². The lowest BCUT2D eigenvalue weighted by molar-refractivity contribution is 0.415. The molecule has 0 radical (unpaired) electrons. The van der Waals surface area contributed by atoms with Gasteiger partial charge in [-0.1, -0.05) is 41.6 Å². The molecule has 28 heavy (non-hydrogen) atoms. The monoisotopic (exact) mass is 416 g/mol. The van der Waals surface area contributed by atoms with E-state index in [2.05, 4.69) is 36.9 Å². The van der Waals surface area contributed by atoms with Crippen molar-refractivity contribution in [2.75, 3.05) is 23.5 Å². The van der Waals surface area contributed by atoms with Crippen LogP contribution in [0.3, 0.4) is 0 Å². The van der Waals surface area contributed by atoms with Gasteiger partial charge in [-0.3, -0.25) is 4.99 Å². The van der Waals surface area contributed by atoms with Crippen LogP contribution < -0.4 is 9.64 Å². The van der Waals surface area contributed by atoms with Crippen LogP contribution in [0.5, 0.6) is 5.75 Å². The first kappa shape index (κ1) is 19.3. The van der Waals surface area contributed by atoms with Crippen molar-refractivity contribution in [3.8, 4) is 5.75 Å². The number of aryl methyl sites for hydroxylation is 2. The predicted octanol–water partition coefficient (Wildman–Crippen LogP) is 3.59. The Bertz CT molecular complexity index is 1030. The van der Waals surface area contributed by atoms with Gasteiger partial charge in [0.2, 0.25) is 0 Å². The van der Waals surface area contributed by atoms with Crippen LogP contribution in [0.15, 0.2) is 47.5 Å². The molecule has 0 aromatic heterocycles. The fourth-order valence-corrected chi connectivity index (χ4v) is 7.44. The van der Waals surface area contributed by atoms with Gasteiger partial charge in [-0.05, 0) is 37.1 Å². The number of benzene rings is 2. The van der Waals surface area contributed by atoms with Crippen molar-refractivity contribution in [1.29, 1.82) is 0 Å². The Morgan fingerprint density at radius 3 is 2.75 bits per heavy atom. The molecule has 2 aliphatic heterocycles. The second-order valence-electron chi connectivity index (χ2n) is 7.43. The molecule has 7 heteroatoms. The molecule has 5 nitrogen and oxygen atoms in total. The summed E-state index contributed by atoms with van der Waals surface area (Å²) in [6.45, 7) is 4.89. The van der Waals surface area contributed by atoms with Crippen LogP contribution in [0.1, 0.15) is 16.7 Å². The molecular formula is C21H24N2O3S2. The van der Waals surface area contributed by atoms with Crippen molar-refractivity contribution < 1.29 is 13.2 Å². The van der Waals surface area contributed by atoms with Crippen molar-refractivity contribution in [1.82, 2.24) is 0 Å². The zero-order chi connectivity index (χ0) is 19.9. The highest BCUT2D eigenvalue weighted by molar-refractivity contribution is 8.15. The van der Waals surface area contributed by atoms with E-state index in [1.165, 1.54) is 16.7 Å². The standard InChI is InChI=1S/C21H24N2O3S2/c1-14-7-8-15(2)16(9-14)11-23(17-5-4-6-18(10-17)26-3)21-22-19-12-28(24,25)13-20(19)27-21/h4-10,19-20H,11-13H2,1-3H3. The van der Waals surface area contributed by atoms with Gasteiger partial charge in [0.05, 0.1) is 31.2 Å². The van der Waals surface area contributed by atoms with E-state index in [0.29, 0.717) is 6.54 Å². The fraction of sp³-hybridized carbons (Fsp3) is 0.381. The average Bonchev–Trinajstić information content (AvgIpc) is 3.15. The first-order valence-electron chi connectivity index (χ1n) is 9.27. The summed E-state index contributed by atoms with van der Waals surface area (Å²) in [6, 6.07) is 14.2. The van der Waals surface area contributed by atoms with Gasteiger partial charge >= 0.3 is 0 Å². The van der Waals surface area contributed by atoms with Crippen molar-refractivity contribution in [3.05, 3.63) is 59.2 Å². The molecule has 0 N–H and O–H groups in total. The minimum absolute atomic E-state index is 0.0201. The van der Waals surface area contributed by atoms with Crippen LogP contribution in [0.2, 0.25) is 0 Å². The van der Waals surface area contributed by atoms with E-state index in [1.54, 1.807) is 18.9 Å². The molecule has 2 unspecified atom stereocenters. The molecule has 0 aliphatic carbocycles. The first-order valence-corrected chi connectivity index (χ1v) is 12.0. The van der Waals surface area contributed by atoms with Gasteiger partial charge < -0.3 is 9.64 Å². The van der Waals surface area contributed by atoms with Crippen LogP contribution in [0, 0.1) is 13.8 Å². The highest BCUT2D eigenvalue weighted by Gasteiger charge is 2.44. The second-order valence-corrected chi connectivity index (χ2v) is 10.8. The van der Waals surface area contributed by atoms with E-state index in [9.17, 15) is 8.42 Å². The maximum Gasteiger partial charge on any atom is 0.164 e. The molecule has 2 aromatic rings. The topological polar surface area (TPSA) is 59.0 Å². The van der Waals surface area contributed by atoms with Gasteiger partial charge in [0, 0.05) is 17.0 Å². The number of hydrogen-bond acceptors (Lipinski definition) is 6. The predicted molar refractivity (Wildman–Crippen MR) is 116 cm³/mol. The Morgan fingerprint density at radius 2 is 2.00 bits per heavy atom. The minimum Gasteiger partial charge on any atom is -0.497 e. The second kappa shape index (κ2) is 7.44. The Morgan fingerprint density at radius 1 is 1.18 bits per heavy atom. The van der Waals surface area contributed by atoms with Gasteiger partial charge in [0.1, 0.15) is 5.75 Å². The molecule has 1 fully saturated rings. The van der Waals surface area contributed by atoms with Gasteiger partial charge in [-0.25, -0.2) is 8.42 Å². The number of nitrogens with zero attached hydrogens (tertiary/aromatic N) is 2. The number of amidine groups is 1. The molecule has 0 amide bonds. The van der Waals surface area contributed by atoms with Crippen LogP contribution >= 0.6 is 11.8 Å². The number of aliphatic imine (C=N–C) groups is 1. The molecule has 2 aromatic carbocycles. The Balaban J connectivity index is 1.71. The summed E-state index contributed by atoms with van der Waals surface area (Å²) in [5, 5.41) is 0.908. The molecule has 4 rings (SSSR count). The maximum absolute atomic E-state index is 11.9. The summed E-state index contributed by atoms with van der Waals surface area (Å²) in [4.78, 5) is 6.99. The SMILES string of the molecule is COc1cccc(N(Cc2cc(C)ccc2C)C2=NC3CS(=O)(=O)CC3S2)c1. The lowest BCUT2D eigenvalue weighted by atomic mass is 10.1. The summed E-state index contributed by atoms with van der Waals surface area (Å²) in [5.74, 6) is 1.16. The largest absolute Gasteiger partial charge is 0.497 e. The summed E-state index contributed by atoms with van der Waals surface area (Å²) >= 11 is 1.59. The Kier molecular flexibility index (Phi) is 5.14. The van der Waals surface area contributed by atoms with Crippen LogP contribution in [-0.4, -0.2) is 43.5 Å². The number of ether oxygens (including phenoxy) is 1. The van der Waals surface area contributed by atoms with E-state index in [-0.39, 0.29) is 22.8 Å². The molecule has 0 saturated carbocycles. The molecule has 0 spiro atoms. The Hall–Kier alpha value is -1.99. The molecule has 2 aliphatic rings. The summed E-state index contributed by atoms with van der Waals surface area (Å²) in [7, 11) is -1.31. The minimum atomic E-state index is -2.97. The van der Waals surface area contributed by atoms with E-state index >= 15 is 0 Å². The third kappa shape index (κ3) is 3.91. The highest BCUT2D eigenvalue weighted by Crippen LogP contribution is 2.38. The molecule has 2 atom stereocenters. The van der Waals surface area contributed by atoms with E-state index < -0.39 is 9.84 Å². The van der Waals surface area contributed by atoms with Crippen molar-refractivity contribution in [2.45, 2.75) is 31.7 Å². The van der Waals surface area contributed by atoms with Gasteiger partial charge in [-0.2, -0.15) is 0 Å². The maximum atomic E-state index is 11.9. The normalized spacial score (nSPS) is 22.6. The third-order valence-corrected chi connectivity index (χ3v) is 8.48. The molecule has 148 valence electrons. The number of anilines is 1. The number of fused-ring (bicyclic) bond motifs is 1. The van der Waals surface area contributed by atoms with E-state index in [1.807, 2.05) is 24.3 Å².